The van der Waals surface area contributed by atoms with Crippen molar-refractivity contribution in [2.75, 3.05) is 6.61 Å². The van der Waals surface area contributed by atoms with E-state index in [1.807, 2.05) is 30.3 Å². The molecule has 0 fully saturated rings. The highest BCUT2D eigenvalue weighted by Gasteiger charge is 2.18. The van der Waals surface area contributed by atoms with Gasteiger partial charge in [0.05, 0.1) is 5.56 Å². The van der Waals surface area contributed by atoms with Gasteiger partial charge in [-0.15, -0.1) is 0 Å². The third kappa shape index (κ3) is 2.43. The zero-order valence-electron chi connectivity index (χ0n) is 10.5. The monoisotopic (exact) mass is 250 g/mol. The van der Waals surface area contributed by atoms with Gasteiger partial charge in [0.25, 0.3) is 0 Å². The SMILES string of the molecule is O=C(OCC1C=Cc2ccccc21)c1ccccc1. The molecule has 1 aliphatic carbocycles. The summed E-state index contributed by atoms with van der Waals surface area (Å²) in [4.78, 5) is 11.9. The lowest BCUT2D eigenvalue weighted by atomic mass is 10.0. The number of benzene rings is 2. The fourth-order valence-electron chi connectivity index (χ4n) is 2.29. The van der Waals surface area contributed by atoms with Crippen molar-refractivity contribution in [3.63, 3.8) is 0 Å². The van der Waals surface area contributed by atoms with Crippen LogP contribution in [0.1, 0.15) is 27.4 Å². The maximum atomic E-state index is 11.9. The average Bonchev–Trinajstić information content (AvgIpc) is 2.89. The molecule has 19 heavy (non-hydrogen) atoms. The summed E-state index contributed by atoms with van der Waals surface area (Å²) >= 11 is 0. The van der Waals surface area contributed by atoms with Crippen LogP contribution in [0.2, 0.25) is 0 Å². The van der Waals surface area contributed by atoms with Gasteiger partial charge in [0.1, 0.15) is 6.61 Å². The molecule has 0 spiro atoms. The van der Waals surface area contributed by atoms with Crippen molar-refractivity contribution in [3.05, 3.63) is 77.4 Å². The highest BCUT2D eigenvalue weighted by molar-refractivity contribution is 5.89. The molecule has 0 amide bonds. The van der Waals surface area contributed by atoms with E-state index >= 15 is 0 Å². The summed E-state index contributed by atoms with van der Waals surface area (Å²) in [5.74, 6) is -0.0951. The first-order valence-corrected chi connectivity index (χ1v) is 6.34. The van der Waals surface area contributed by atoms with E-state index in [2.05, 4.69) is 24.3 Å². The van der Waals surface area contributed by atoms with Gasteiger partial charge in [-0.2, -0.15) is 0 Å². The predicted octanol–water partition coefficient (Wildman–Crippen LogP) is 3.65. The Bertz CT molecular complexity index is 614. The molecule has 1 aliphatic rings. The van der Waals surface area contributed by atoms with Crippen LogP contribution < -0.4 is 0 Å². The molecule has 0 radical (unpaired) electrons. The Morgan fingerprint density at radius 1 is 1.00 bits per heavy atom. The molecular formula is C17H14O2. The number of hydrogen-bond acceptors (Lipinski definition) is 2. The van der Waals surface area contributed by atoms with Gasteiger partial charge in [0, 0.05) is 5.92 Å². The maximum Gasteiger partial charge on any atom is 0.338 e. The molecule has 1 unspecified atom stereocenters. The molecule has 0 aromatic heterocycles. The number of carbonyl (C=O) groups excluding carboxylic acids is 1. The molecule has 0 aliphatic heterocycles. The van der Waals surface area contributed by atoms with Crippen molar-refractivity contribution in [2.24, 2.45) is 0 Å². The maximum absolute atomic E-state index is 11.9. The zero-order valence-corrected chi connectivity index (χ0v) is 10.5. The summed E-state index contributed by atoms with van der Waals surface area (Å²) in [7, 11) is 0. The highest BCUT2D eigenvalue weighted by Crippen LogP contribution is 2.29. The van der Waals surface area contributed by atoms with E-state index in [1.54, 1.807) is 12.1 Å². The lowest BCUT2D eigenvalue weighted by molar-refractivity contribution is 0.0495. The number of fused-ring (bicyclic) bond motifs is 1. The molecule has 0 N–H and O–H groups in total. The lowest BCUT2D eigenvalue weighted by Crippen LogP contribution is -2.11. The molecule has 0 bridgehead atoms. The Hall–Kier alpha value is -2.35. The Kier molecular flexibility index (Phi) is 3.15. The molecule has 0 heterocycles. The van der Waals surface area contributed by atoms with E-state index in [0.717, 1.165) is 0 Å². The third-order valence-electron chi connectivity index (χ3n) is 3.31. The molecule has 94 valence electrons. The molecule has 2 aromatic rings. The summed E-state index contributed by atoms with van der Waals surface area (Å²) in [5, 5.41) is 0. The van der Waals surface area contributed by atoms with E-state index < -0.39 is 0 Å². The normalized spacial score (nSPS) is 16.1. The van der Waals surface area contributed by atoms with Crippen LogP contribution in [0, 0.1) is 0 Å². The van der Waals surface area contributed by atoms with Crippen LogP contribution in [-0.4, -0.2) is 12.6 Å². The molecule has 3 rings (SSSR count). The average molecular weight is 250 g/mol. The van der Waals surface area contributed by atoms with E-state index in [9.17, 15) is 4.79 Å². The van der Waals surface area contributed by atoms with Gasteiger partial charge >= 0.3 is 5.97 Å². The largest absolute Gasteiger partial charge is 0.461 e. The zero-order chi connectivity index (χ0) is 13.1. The topological polar surface area (TPSA) is 26.3 Å². The van der Waals surface area contributed by atoms with Crippen molar-refractivity contribution in [3.8, 4) is 0 Å². The van der Waals surface area contributed by atoms with Crippen LogP contribution in [0.5, 0.6) is 0 Å². The molecule has 2 aromatic carbocycles. The second-order valence-corrected chi connectivity index (χ2v) is 4.56. The van der Waals surface area contributed by atoms with Gasteiger partial charge in [-0.1, -0.05) is 54.6 Å². The number of rotatable bonds is 3. The van der Waals surface area contributed by atoms with E-state index in [4.69, 9.17) is 4.74 Å². The second-order valence-electron chi connectivity index (χ2n) is 4.56. The van der Waals surface area contributed by atoms with Crippen molar-refractivity contribution in [2.45, 2.75) is 5.92 Å². The van der Waals surface area contributed by atoms with Crippen LogP contribution in [0.4, 0.5) is 0 Å². The molecule has 0 saturated heterocycles. The van der Waals surface area contributed by atoms with Crippen molar-refractivity contribution in [1.29, 1.82) is 0 Å². The standard InChI is InChI=1S/C17H14O2/c18-17(14-7-2-1-3-8-14)19-12-15-11-10-13-6-4-5-9-16(13)15/h1-11,15H,12H2. The fraction of sp³-hybridized carbons (Fsp3) is 0.118. The first kappa shape index (κ1) is 11.7. The van der Waals surface area contributed by atoms with Crippen LogP contribution in [0.3, 0.4) is 0 Å². The number of carbonyl (C=O) groups is 1. The molecule has 2 nitrogen and oxygen atoms in total. The molecule has 2 heteroatoms. The molecule has 1 atom stereocenters. The predicted molar refractivity (Wildman–Crippen MR) is 74.9 cm³/mol. The second kappa shape index (κ2) is 5.11. The smallest absolute Gasteiger partial charge is 0.338 e. The third-order valence-corrected chi connectivity index (χ3v) is 3.31. The Labute approximate surface area is 112 Å². The van der Waals surface area contributed by atoms with Crippen LogP contribution >= 0.6 is 0 Å². The van der Waals surface area contributed by atoms with E-state index in [-0.39, 0.29) is 11.9 Å². The number of ether oxygens (including phenoxy) is 1. The summed E-state index contributed by atoms with van der Waals surface area (Å²) in [6, 6.07) is 17.3. The van der Waals surface area contributed by atoms with E-state index in [0.29, 0.717) is 12.2 Å². The van der Waals surface area contributed by atoms with Gasteiger partial charge in [-0.3, -0.25) is 0 Å². The van der Waals surface area contributed by atoms with Crippen molar-refractivity contribution >= 4 is 12.0 Å². The van der Waals surface area contributed by atoms with Crippen molar-refractivity contribution < 1.29 is 9.53 Å². The van der Waals surface area contributed by atoms with Gasteiger partial charge in [-0.25, -0.2) is 4.79 Å². The first-order valence-electron chi connectivity index (χ1n) is 6.34. The minimum atomic E-state index is -0.265. The Morgan fingerprint density at radius 3 is 2.58 bits per heavy atom. The highest BCUT2D eigenvalue weighted by atomic mass is 16.5. The van der Waals surface area contributed by atoms with Gasteiger partial charge in [-0.05, 0) is 23.3 Å². The van der Waals surface area contributed by atoms with Gasteiger partial charge in [0.2, 0.25) is 0 Å². The lowest BCUT2D eigenvalue weighted by Gasteiger charge is -2.11. The Balaban J connectivity index is 1.66. The minimum Gasteiger partial charge on any atom is -0.461 e. The molecular weight excluding hydrogens is 236 g/mol. The fourth-order valence-corrected chi connectivity index (χ4v) is 2.29. The van der Waals surface area contributed by atoms with Crippen LogP contribution in [-0.2, 0) is 4.74 Å². The van der Waals surface area contributed by atoms with Gasteiger partial charge in [0.15, 0.2) is 0 Å². The van der Waals surface area contributed by atoms with E-state index in [1.165, 1.54) is 11.1 Å². The van der Waals surface area contributed by atoms with Gasteiger partial charge < -0.3 is 4.74 Å². The van der Waals surface area contributed by atoms with Crippen molar-refractivity contribution in [1.82, 2.24) is 0 Å². The van der Waals surface area contributed by atoms with Crippen LogP contribution in [0.15, 0.2) is 60.7 Å². The summed E-state index contributed by atoms with van der Waals surface area (Å²) in [6.45, 7) is 0.390. The summed E-state index contributed by atoms with van der Waals surface area (Å²) in [5.41, 5.74) is 3.03. The Morgan fingerprint density at radius 2 is 1.74 bits per heavy atom. The quantitative estimate of drug-likeness (QED) is 0.777. The molecule has 0 saturated carbocycles. The van der Waals surface area contributed by atoms with Crippen LogP contribution in [0.25, 0.3) is 6.08 Å². The first-order chi connectivity index (χ1) is 9.34. The summed E-state index contributed by atoms with van der Waals surface area (Å²) in [6.07, 6.45) is 4.17. The summed E-state index contributed by atoms with van der Waals surface area (Å²) < 4.78 is 5.38. The minimum absolute atomic E-state index is 0.170. The number of esters is 1. The number of hydrogen-bond donors (Lipinski definition) is 0.